The average Bonchev–Trinajstić information content (AvgIpc) is 2.46. The number of pyridine rings is 1. The standard InChI is InChI=1S/C14H18ClN3O2/c1-9-14(19)17(2)12-8-16-13(15)7-11(12)18(9)10-3-5-20-6-4-10/h7-10H,3-6H2,1-2H3. The monoisotopic (exact) mass is 295 g/mol. The molecule has 0 bridgehead atoms. The van der Waals surface area contributed by atoms with E-state index in [2.05, 4.69) is 9.88 Å². The molecule has 3 heterocycles. The average molecular weight is 296 g/mol. The van der Waals surface area contributed by atoms with Gasteiger partial charge in [0.1, 0.15) is 11.2 Å². The zero-order valence-electron chi connectivity index (χ0n) is 11.7. The van der Waals surface area contributed by atoms with Crippen molar-refractivity contribution in [3.63, 3.8) is 0 Å². The fraction of sp³-hybridized carbons (Fsp3) is 0.571. The second kappa shape index (κ2) is 5.22. The second-order valence-corrected chi connectivity index (χ2v) is 5.71. The highest BCUT2D eigenvalue weighted by atomic mass is 35.5. The largest absolute Gasteiger partial charge is 0.381 e. The van der Waals surface area contributed by atoms with Crippen LogP contribution in [-0.4, -0.2) is 43.2 Å². The van der Waals surface area contributed by atoms with E-state index in [0.29, 0.717) is 11.2 Å². The Labute approximate surface area is 123 Å². The van der Waals surface area contributed by atoms with Gasteiger partial charge >= 0.3 is 0 Å². The molecule has 3 rings (SSSR count). The predicted molar refractivity (Wildman–Crippen MR) is 78.4 cm³/mol. The summed E-state index contributed by atoms with van der Waals surface area (Å²) in [4.78, 5) is 20.4. The topological polar surface area (TPSA) is 45.7 Å². The lowest BCUT2D eigenvalue weighted by Crippen LogP contribution is -2.55. The minimum absolute atomic E-state index is 0.0908. The number of rotatable bonds is 1. The van der Waals surface area contributed by atoms with Crippen LogP contribution in [0.1, 0.15) is 19.8 Å². The van der Waals surface area contributed by atoms with Crippen molar-refractivity contribution in [3.05, 3.63) is 17.4 Å². The third-order valence-electron chi connectivity index (χ3n) is 4.16. The Morgan fingerprint density at radius 1 is 1.35 bits per heavy atom. The number of amides is 1. The van der Waals surface area contributed by atoms with Crippen LogP contribution in [0.2, 0.25) is 5.15 Å². The van der Waals surface area contributed by atoms with Crippen LogP contribution in [0, 0.1) is 0 Å². The maximum Gasteiger partial charge on any atom is 0.249 e. The first-order valence-corrected chi connectivity index (χ1v) is 7.26. The molecule has 1 saturated heterocycles. The zero-order valence-corrected chi connectivity index (χ0v) is 12.4. The summed E-state index contributed by atoms with van der Waals surface area (Å²) in [5.74, 6) is 0.0908. The van der Waals surface area contributed by atoms with Crippen molar-refractivity contribution in [1.29, 1.82) is 0 Å². The molecular formula is C14H18ClN3O2. The van der Waals surface area contributed by atoms with Crippen molar-refractivity contribution in [2.45, 2.75) is 31.8 Å². The van der Waals surface area contributed by atoms with Gasteiger partial charge in [-0.2, -0.15) is 0 Å². The number of fused-ring (bicyclic) bond motifs is 1. The van der Waals surface area contributed by atoms with Crippen molar-refractivity contribution >= 4 is 28.9 Å². The third-order valence-corrected chi connectivity index (χ3v) is 4.36. The molecule has 20 heavy (non-hydrogen) atoms. The fourth-order valence-electron chi connectivity index (χ4n) is 3.08. The highest BCUT2D eigenvalue weighted by Gasteiger charge is 2.38. The van der Waals surface area contributed by atoms with Crippen molar-refractivity contribution < 1.29 is 9.53 Å². The van der Waals surface area contributed by atoms with Crippen molar-refractivity contribution in [3.8, 4) is 0 Å². The molecule has 108 valence electrons. The highest BCUT2D eigenvalue weighted by molar-refractivity contribution is 6.30. The van der Waals surface area contributed by atoms with Crippen molar-refractivity contribution in [1.82, 2.24) is 4.98 Å². The van der Waals surface area contributed by atoms with E-state index in [1.165, 1.54) is 0 Å². The van der Waals surface area contributed by atoms with E-state index in [4.69, 9.17) is 16.3 Å². The summed E-state index contributed by atoms with van der Waals surface area (Å²) < 4.78 is 5.43. The number of likely N-dealkylation sites (N-methyl/N-ethyl adjacent to an activating group) is 1. The van der Waals surface area contributed by atoms with E-state index >= 15 is 0 Å². The first-order valence-electron chi connectivity index (χ1n) is 6.89. The van der Waals surface area contributed by atoms with Crippen LogP contribution < -0.4 is 9.80 Å². The molecule has 1 aromatic rings. The fourth-order valence-corrected chi connectivity index (χ4v) is 3.23. The third kappa shape index (κ3) is 2.15. The second-order valence-electron chi connectivity index (χ2n) is 5.32. The lowest BCUT2D eigenvalue weighted by atomic mass is 10.0. The Hall–Kier alpha value is -1.33. The molecule has 0 spiro atoms. The molecule has 0 saturated carbocycles. The normalized spacial score (nSPS) is 23.9. The molecule has 0 N–H and O–H groups in total. The van der Waals surface area contributed by atoms with Gasteiger partial charge in [-0.05, 0) is 19.8 Å². The van der Waals surface area contributed by atoms with Crippen LogP contribution in [0.25, 0.3) is 0 Å². The number of ether oxygens (including phenoxy) is 1. The molecule has 1 aromatic heterocycles. The summed E-state index contributed by atoms with van der Waals surface area (Å²) in [5, 5.41) is 0.454. The Bertz CT molecular complexity index is 531. The Kier molecular flexibility index (Phi) is 3.56. The van der Waals surface area contributed by atoms with Gasteiger partial charge < -0.3 is 14.5 Å². The maximum atomic E-state index is 12.4. The Balaban J connectivity index is 2.05. The Morgan fingerprint density at radius 3 is 2.75 bits per heavy atom. The van der Waals surface area contributed by atoms with Crippen LogP contribution in [-0.2, 0) is 9.53 Å². The number of carbonyl (C=O) groups is 1. The number of aromatic nitrogens is 1. The zero-order chi connectivity index (χ0) is 14.3. The minimum Gasteiger partial charge on any atom is -0.381 e. The number of anilines is 2. The predicted octanol–water partition coefficient (Wildman–Crippen LogP) is 2.09. The molecule has 1 amide bonds. The molecule has 0 radical (unpaired) electrons. The quantitative estimate of drug-likeness (QED) is 0.744. The minimum atomic E-state index is -0.186. The molecule has 1 unspecified atom stereocenters. The highest BCUT2D eigenvalue weighted by Crippen LogP contribution is 2.39. The van der Waals surface area contributed by atoms with E-state index < -0.39 is 0 Å². The van der Waals surface area contributed by atoms with Gasteiger partial charge in [0.25, 0.3) is 0 Å². The van der Waals surface area contributed by atoms with Gasteiger partial charge in [0.05, 0.1) is 17.6 Å². The van der Waals surface area contributed by atoms with Crippen LogP contribution in [0.4, 0.5) is 11.4 Å². The molecule has 0 aliphatic carbocycles. The Morgan fingerprint density at radius 2 is 2.05 bits per heavy atom. The summed E-state index contributed by atoms with van der Waals surface area (Å²) in [6, 6.07) is 1.98. The van der Waals surface area contributed by atoms with Gasteiger partial charge in [-0.25, -0.2) is 4.98 Å². The van der Waals surface area contributed by atoms with Gasteiger partial charge in [0, 0.05) is 32.4 Å². The van der Waals surface area contributed by atoms with Gasteiger partial charge in [-0.3, -0.25) is 4.79 Å². The van der Waals surface area contributed by atoms with Gasteiger partial charge in [0.2, 0.25) is 5.91 Å². The van der Waals surface area contributed by atoms with Crippen LogP contribution >= 0.6 is 11.6 Å². The van der Waals surface area contributed by atoms with E-state index in [1.54, 1.807) is 18.1 Å². The molecular weight excluding hydrogens is 278 g/mol. The van der Waals surface area contributed by atoms with E-state index in [-0.39, 0.29) is 11.9 Å². The SMILES string of the molecule is CC1C(=O)N(C)c2cnc(Cl)cc2N1C1CCOCC1. The van der Waals surface area contributed by atoms with Gasteiger partial charge in [-0.1, -0.05) is 11.6 Å². The molecule has 1 atom stereocenters. The van der Waals surface area contributed by atoms with E-state index in [0.717, 1.165) is 37.4 Å². The van der Waals surface area contributed by atoms with Crippen molar-refractivity contribution in [2.24, 2.45) is 0 Å². The summed E-state index contributed by atoms with van der Waals surface area (Å²) in [7, 11) is 1.79. The van der Waals surface area contributed by atoms with E-state index in [1.807, 2.05) is 13.0 Å². The lowest BCUT2D eigenvalue weighted by molar-refractivity contribution is -0.119. The number of hydrogen-bond donors (Lipinski definition) is 0. The van der Waals surface area contributed by atoms with Crippen LogP contribution in [0.5, 0.6) is 0 Å². The lowest BCUT2D eigenvalue weighted by Gasteiger charge is -2.45. The smallest absolute Gasteiger partial charge is 0.249 e. The molecule has 2 aliphatic heterocycles. The summed E-state index contributed by atoms with van der Waals surface area (Å²) in [6.45, 7) is 3.43. The maximum absolute atomic E-state index is 12.4. The first-order chi connectivity index (χ1) is 9.59. The summed E-state index contributed by atoms with van der Waals surface area (Å²) >= 11 is 6.05. The summed E-state index contributed by atoms with van der Waals surface area (Å²) in [6.07, 6.45) is 3.54. The molecule has 2 aliphatic rings. The van der Waals surface area contributed by atoms with Gasteiger partial charge in [-0.15, -0.1) is 0 Å². The molecule has 1 fully saturated rings. The molecule has 0 aromatic carbocycles. The van der Waals surface area contributed by atoms with Crippen LogP contribution in [0.15, 0.2) is 12.3 Å². The van der Waals surface area contributed by atoms with Gasteiger partial charge in [0.15, 0.2) is 0 Å². The van der Waals surface area contributed by atoms with E-state index in [9.17, 15) is 4.79 Å². The summed E-state index contributed by atoms with van der Waals surface area (Å²) in [5.41, 5.74) is 1.82. The molecule has 5 nitrogen and oxygen atoms in total. The number of hydrogen-bond acceptors (Lipinski definition) is 4. The van der Waals surface area contributed by atoms with Crippen LogP contribution in [0.3, 0.4) is 0 Å². The first kappa shape index (κ1) is 13.6. The number of nitrogens with zero attached hydrogens (tertiary/aromatic N) is 3. The number of halogens is 1. The number of carbonyl (C=O) groups excluding carboxylic acids is 1. The molecule has 6 heteroatoms. The van der Waals surface area contributed by atoms with Crippen molar-refractivity contribution in [2.75, 3.05) is 30.1 Å².